The van der Waals surface area contributed by atoms with Crippen LogP contribution in [0.1, 0.15) is 32.1 Å². The van der Waals surface area contributed by atoms with Crippen LogP contribution in [0.5, 0.6) is 0 Å². The number of alkyl halides is 3. The zero-order chi connectivity index (χ0) is 11.2. The third-order valence-electron chi connectivity index (χ3n) is 1.89. The zero-order valence-electron chi connectivity index (χ0n) is 7.68. The van der Waals surface area contributed by atoms with Gasteiger partial charge >= 0.3 is 12.1 Å². The van der Waals surface area contributed by atoms with Crippen molar-refractivity contribution >= 4 is 5.97 Å². The molecule has 3 nitrogen and oxygen atoms in total. The Kier molecular flexibility index (Phi) is 5.52. The summed E-state index contributed by atoms with van der Waals surface area (Å²) < 4.78 is 31.7. The van der Waals surface area contributed by atoms with E-state index in [0.29, 0.717) is 6.04 Å². The Morgan fingerprint density at radius 1 is 1.21 bits per heavy atom. The summed E-state index contributed by atoms with van der Waals surface area (Å²) >= 11 is 0. The number of carboxylic acid groups (broad SMARTS) is 1. The molecule has 1 rings (SSSR count). The Morgan fingerprint density at radius 2 is 1.57 bits per heavy atom. The van der Waals surface area contributed by atoms with Gasteiger partial charge in [-0.25, -0.2) is 4.79 Å². The molecule has 0 saturated heterocycles. The van der Waals surface area contributed by atoms with Crippen LogP contribution in [0, 0.1) is 0 Å². The molecule has 14 heavy (non-hydrogen) atoms. The lowest BCUT2D eigenvalue weighted by Gasteiger charge is -2.15. The summed E-state index contributed by atoms with van der Waals surface area (Å²) in [6.07, 6.45) is 1.58. The van der Waals surface area contributed by atoms with Crippen LogP contribution < -0.4 is 5.73 Å². The average molecular weight is 213 g/mol. The van der Waals surface area contributed by atoms with Gasteiger partial charge in [-0.2, -0.15) is 13.2 Å². The van der Waals surface area contributed by atoms with Gasteiger partial charge in [0.2, 0.25) is 0 Å². The first-order chi connectivity index (χ1) is 6.34. The van der Waals surface area contributed by atoms with E-state index >= 15 is 0 Å². The van der Waals surface area contributed by atoms with Gasteiger partial charge in [-0.1, -0.05) is 19.3 Å². The van der Waals surface area contributed by atoms with E-state index in [1.807, 2.05) is 0 Å². The minimum absolute atomic E-state index is 0.536. The van der Waals surface area contributed by atoms with E-state index in [9.17, 15) is 13.2 Å². The van der Waals surface area contributed by atoms with Crippen LogP contribution >= 0.6 is 0 Å². The quantitative estimate of drug-likeness (QED) is 0.646. The molecule has 0 aromatic rings. The fourth-order valence-electron chi connectivity index (χ4n) is 1.13. The minimum atomic E-state index is -5.08. The summed E-state index contributed by atoms with van der Waals surface area (Å²) in [4.78, 5) is 8.90. The van der Waals surface area contributed by atoms with Crippen LogP contribution in [0.3, 0.4) is 0 Å². The highest BCUT2D eigenvalue weighted by molar-refractivity contribution is 5.73. The van der Waals surface area contributed by atoms with Crippen molar-refractivity contribution in [3.05, 3.63) is 0 Å². The SMILES string of the molecule is NC1CCCCC1.O=C(O)C(F)(F)F. The van der Waals surface area contributed by atoms with E-state index in [-0.39, 0.29) is 0 Å². The summed E-state index contributed by atoms with van der Waals surface area (Å²) in [6.45, 7) is 0. The highest BCUT2D eigenvalue weighted by Gasteiger charge is 2.38. The third-order valence-corrected chi connectivity index (χ3v) is 1.89. The molecule has 0 unspecified atom stereocenters. The molecular weight excluding hydrogens is 199 g/mol. The van der Waals surface area contributed by atoms with Crippen LogP contribution in [-0.4, -0.2) is 23.3 Å². The van der Waals surface area contributed by atoms with E-state index < -0.39 is 12.1 Å². The Morgan fingerprint density at radius 3 is 1.71 bits per heavy atom. The topological polar surface area (TPSA) is 63.3 Å². The molecule has 1 fully saturated rings. The number of rotatable bonds is 0. The van der Waals surface area contributed by atoms with E-state index in [1.54, 1.807) is 0 Å². The first-order valence-corrected chi connectivity index (χ1v) is 4.39. The van der Waals surface area contributed by atoms with Gasteiger partial charge in [0.05, 0.1) is 0 Å². The lowest BCUT2D eigenvalue weighted by atomic mass is 9.97. The predicted octanol–water partition coefficient (Wildman–Crippen LogP) is 1.91. The molecule has 84 valence electrons. The number of carboxylic acids is 1. The number of hydrogen-bond donors (Lipinski definition) is 2. The second kappa shape index (κ2) is 5.85. The molecule has 0 bridgehead atoms. The Labute approximate surface area is 80.1 Å². The van der Waals surface area contributed by atoms with Gasteiger partial charge in [0, 0.05) is 6.04 Å². The molecule has 0 atom stereocenters. The van der Waals surface area contributed by atoms with Gasteiger partial charge in [-0.15, -0.1) is 0 Å². The molecule has 3 N–H and O–H groups in total. The van der Waals surface area contributed by atoms with E-state index in [1.165, 1.54) is 32.1 Å². The molecule has 6 heteroatoms. The lowest BCUT2D eigenvalue weighted by molar-refractivity contribution is -0.192. The number of carbonyl (C=O) groups is 1. The Balaban J connectivity index is 0.000000241. The van der Waals surface area contributed by atoms with Gasteiger partial charge in [0.1, 0.15) is 0 Å². The monoisotopic (exact) mass is 213 g/mol. The van der Waals surface area contributed by atoms with Crippen LogP contribution in [0.15, 0.2) is 0 Å². The first kappa shape index (κ1) is 13.2. The highest BCUT2D eigenvalue weighted by Crippen LogP contribution is 2.14. The summed E-state index contributed by atoms with van der Waals surface area (Å²) in [5.41, 5.74) is 5.63. The van der Waals surface area contributed by atoms with Crippen molar-refractivity contribution in [2.24, 2.45) is 5.73 Å². The lowest BCUT2D eigenvalue weighted by Crippen LogP contribution is -2.22. The standard InChI is InChI=1S/C6H13N.C2HF3O2/c7-6-4-2-1-3-5-6;3-2(4,5)1(6)7/h6H,1-5,7H2;(H,6,7). The van der Waals surface area contributed by atoms with Gasteiger partial charge in [-0.3, -0.25) is 0 Å². The molecule has 0 aromatic carbocycles. The Bertz CT molecular complexity index is 176. The molecule has 0 aliphatic heterocycles. The summed E-state index contributed by atoms with van der Waals surface area (Å²) in [6, 6.07) is 0.536. The van der Waals surface area contributed by atoms with Gasteiger partial charge in [0.15, 0.2) is 0 Å². The average Bonchev–Trinajstić information content (AvgIpc) is 2.04. The second-order valence-electron chi connectivity index (χ2n) is 3.20. The molecule has 1 saturated carbocycles. The fourth-order valence-corrected chi connectivity index (χ4v) is 1.13. The fraction of sp³-hybridized carbons (Fsp3) is 0.875. The maximum Gasteiger partial charge on any atom is 0.490 e. The molecule has 0 heterocycles. The summed E-state index contributed by atoms with van der Waals surface area (Å²) in [7, 11) is 0. The number of hydrogen-bond acceptors (Lipinski definition) is 2. The van der Waals surface area contributed by atoms with Crippen molar-refractivity contribution in [1.82, 2.24) is 0 Å². The minimum Gasteiger partial charge on any atom is -0.475 e. The summed E-state index contributed by atoms with van der Waals surface area (Å²) in [5.74, 6) is -2.76. The van der Waals surface area contributed by atoms with Crippen LogP contribution in [0.4, 0.5) is 13.2 Å². The number of nitrogens with two attached hydrogens (primary N) is 1. The molecule has 0 spiro atoms. The first-order valence-electron chi connectivity index (χ1n) is 4.39. The van der Waals surface area contributed by atoms with Crippen molar-refractivity contribution in [1.29, 1.82) is 0 Å². The smallest absolute Gasteiger partial charge is 0.475 e. The van der Waals surface area contributed by atoms with Crippen LogP contribution in [-0.2, 0) is 4.79 Å². The van der Waals surface area contributed by atoms with Crippen LogP contribution in [0.25, 0.3) is 0 Å². The highest BCUT2D eigenvalue weighted by atomic mass is 19.4. The number of aliphatic carboxylic acids is 1. The predicted molar refractivity (Wildman–Crippen MR) is 44.8 cm³/mol. The van der Waals surface area contributed by atoms with Crippen molar-refractivity contribution in [3.8, 4) is 0 Å². The van der Waals surface area contributed by atoms with Gasteiger partial charge in [-0.05, 0) is 12.8 Å². The van der Waals surface area contributed by atoms with Crippen molar-refractivity contribution in [3.63, 3.8) is 0 Å². The van der Waals surface area contributed by atoms with Gasteiger partial charge < -0.3 is 10.8 Å². The van der Waals surface area contributed by atoms with Crippen molar-refractivity contribution in [2.75, 3.05) is 0 Å². The van der Waals surface area contributed by atoms with Crippen molar-refractivity contribution < 1.29 is 23.1 Å². The largest absolute Gasteiger partial charge is 0.490 e. The Hall–Kier alpha value is -0.780. The maximum absolute atomic E-state index is 10.6. The maximum atomic E-state index is 10.6. The normalized spacial score (nSPS) is 18.3. The molecular formula is C8H14F3NO2. The molecule has 0 radical (unpaired) electrons. The molecule has 1 aliphatic rings. The van der Waals surface area contributed by atoms with Gasteiger partial charge in [0.25, 0.3) is 0 Å². The zero-order valence-corrected chi connectivity index (χ0v) is 7.68. The molecule has 0 aromatic heterocycles. The summed E-state index contributed by atoms with van der Waals surface area (Å²) in [5, 5.41) is 7.12. The molecule has 1 aliphatic carbocycles. The second-order valence-corrected chi connectivity index (χ2v) is 3.20. The van der Waals surface area contributed by atoms with Crippen LogP contribution in [0.2, 0.25) is 0 Å². The van der Waals surface area contributed by atoms with E-state index in [0.717, 1.165) is 0 Å². The van der Waals surface area contributed by atoms with E-state index in [4.69, 9.17) is 15.6 Å². The third kappa shape index (κ3) is 6.71. The number of halogens is 3. The van der Waals surface area contributed by atoms with Crippen molar-refractivity contribution in [2.45, 2.75) is 44.3 Å². The van der Waals surface area contributed by atoms with E-state index in [2.05, 4.69) is 0 Å². The molecule has 0 amide bonds.